The highest BCUT2D eigenvalue weighted by atomic mass is 32.2. The Labute approximate surface area is 233 Å². The summed E-state index contributed by atoms with van der Waals surface area (Å²) < 4.78 is 64.3. The van der Waals surface area contributed by atoms with Crippen LogP contribution in [0.25, 0.3) is 0 Å². The van der Waals surface area contributed by atoms with Crippen LogP contribution in [0.4, 0.5) is 0 Å². The van der Waals surface area contributed by atoms with Crippen LogP contribution >= 0.6 is 0 Å². The molecule has 2 aromatic carbocycles. The zero-order chi connectivity index (χ0) is 27.9. The second-order valence-electron chi connectivity index (χ2n) is 10.2. The van der Waals surface area contributed by atoms with Crippen molar-refractivity contribution in [2.24, 2.45) is 0 Å². The summed E-state index contributed by atoms with van der Waals surface area (Å²) in [7, 11) is -7.54. The minimum absolute atomic E-state index is 0.0595. The van der Waals surface area contributed by atoms with Crippen molar-refractivity contribution in [3.63, 3.8) is 0 Å². The van der Waals surface area contributed by atoms with Crippen LogP contribution in [0.15, 0.2) is 71.6 Å². The number of morpholine rings is 1. The van der Waals surface area contributed by atoms with E-state index in [4.69, 9.17) is 4.74 Å². The van der Waals surface area contributed by atoms with Crippen LogP contribution in [-0.2, 0) is 31.5 Å². The highest BCUT2D eigenvalue weighted by Gasteiger charge is 2.33. The van der Waals surface area contributed by atoms with Gasteiger partial charge in [-0.15, -0.1) is 0 Å². The van der Waals surface area contributed by atoms with E-state index in [0.29, 0.717) is 77.4 Å². The fourth-order valence-electron chi connectivity index (χ4n) is 4.96. The molecule has 0 amide bonds. The second-order valence-corrected chi connectivity index (χ2v) is 14.1. The number of rotatable bonds is 6. The van der Waals surface area contributed by atoms with E-state index in [1.165, 1.54) is 18.5 Å². The highest BCUT2D eigenvalue weighted by molar-refractivity contribution is 7.89. The molecule has 0 bridgehead atoms. The fourth-order valence-corrected chi connectivity index (χ4v) is 8.10. The van der Waals surface area contributed by atoms with E-state index in [0.717, 1.165) is 5.56 Å². The van der Waals surface area contributed by atoms with Crippen LogP contribution in [0.3, 0.4) is 0 Å². The number of sulfonamides is 1. The summed E-state index contributed by atoms with van der Waals surface area (Å²) in [5.74, 6) is 0. The number of aryl methyl sites for hydroxylation is 1. The van der Waals surface area contributed by atoms with Crippen molar-refractivity contribution >= 4 is 20.2 Å². The van der Waals surface area contributed by atoms with E-state index in [2.05, 4.69) is 23.6 Å². The molecular formula is C28H40N4O5S2. The largest absolute Gasteiger partial charge is 0.379 e. The molecule has 214 valence electrons. The topological polar surface area (TPSA) is 90.5 Å². The van der Waals surface area contributed by atoms with Gasteiger partial charge >= 0.3 is 0 Å². The standard InChI is InChI=1S/C28H40N4O5S2/c1-25-10-12-28(13-11-25)38(33,34)31-16-6-14-29(24-27-8-4-3-5-9-27)15-7-17-32(23-26(2)22-31)39(35,36)30-18-20-37-21-19-30/h3-5,8-13H,2,6-7,14-24H2,1H3. The molecule has 9 nitrogen and oxygen atoms in total. The molecular weight excluding hydrogens is 536 g/mol. The van der Waals surface area contributed by atoms with Gasteiger partial charge in [0, 0.05) is 45.8 Å². The van der Waals surface area contributed by atoms with Gasteiger partial charge in [-0.25, -0.2) is 8.42 Å². The van der Waals surface area contributed by atoms with Crippen molar-refractivity contribution in [3.8, 4) is 0 Å². The molecule has 0 aliphatic carbocycles. The molecule has 2 aromatic rings. The van der Waals surface area contributed by atoms with Crippen molar-refractivity contribution in [3.05, 3.63) is 77.9 Å². The lowest BCUT2D eigenvalue weighted by Crippen LogP contribution is -2.50. The number of hydrogen-bond acceptors (Lipinski definition) is 6. The lowest BCUT2D eigenvalue weighted by atomic mass is 10.2. The van der Waals surface area contributed by atoms with Crippen molar-refractivity contribution in [2.75, 3.05) is 65.6 Å². The minimum Gasteiger partial charge on any atom is -0.379 e. The predicted octanol–water partition coefficient (Wildman–Crippen LogP) is 2.72. The molecule has 0 unspecified atom stereocenters. The normalized spacial score (nSPS) is 20.8. The van der Waals surface area contributed by atoms with Crippen molar-refractivity contribution in [1.29, 1.82) is 0 Å². The first-order chi connectivity index (χ1) is 18.7. The fraction of sp³-hybridized carbons (Fsp3) is 0.500. The van der Waals surface area contributed by atoms with Crippen LogP contribution in [0.2, 0.25) is 0 Å². The van der Waals surface area contributed by atoms with Crippen molar-refractivity contribution < 1.29 is 21.6 Å². The third-order valence-corrected chi connectivity index (χ3v) is 10.9. The van der Waals surface area contributed by atoms with Gasteiger partial charge in [0.25, 0.3) is 10.2 Å². The molecule has 39 heavy (non-hydrogen) atoms. The molecule has 0 N–H and O–H groups in total. The Balaban J connectivity index is 1.59. The molecule has 0 saturated carbocycles. The van der Waals surface area contributed by atoms with E-state index in [9.17, 15) is 16.8 Å². The quantitative estimate of drug-likeness (QED) is 0.492. The van der Waals surface area contributed by atoms with Crippen molar-refractivity contribution in [2.45, 2.75) is 31.2 Å². The van der Waals surface area contributed by atoms with Crippen LogP contribution < -0.4 is 0 Å². The SMILES string of the molecule is C=C1CN(S(=O)(=O)c2ccc(C)cc2)CCCN(Cc2ccccc2)CCCN(S(=O)(=O)N2CCOCC2)C1. The molecule has 2 aliphatic heterocycles. The van der Waals surface area contributed by atoms with E-state index in [1.54, 1.807) is 24.3 Å². The lowest BCUT2D eigenvalue weighted by molar-refractivity contribution is 0.0702. The maximum atomic E-state index is 13.7. The van der Waals surface area contributed by atoms with Gasteiger partial charge < -0.3 is 4.74 Å². The minimum atomic E-state index is -3.79. The van der Waals surface area contributed by atoms with Gasteiger partial charge in [0.15, 0.2) is 0 Å². The summed E-state index contributed by atoms with van der Waals surface area (Å²) in [5.41, 5.74) is 2.69. The number of nitrogens with zero attached hydrogens (tertiary/aromatic N) is 4. The Morgan fingerprint density at radius 2 is 1.33 bits per heavy atom. The first kappa shape index (κ1) is 29.9. The molecule has 0 radical (unpaired) electrons. The Morgan fingerprint density at radius 3 is 1.97 bits per heavy atom. The monoisotopic (exact) mass is 576 g/mol. The smallest absolute Gasteiger partial charge is 0.282 e. The van der Waals surface area contributed by atoms with Crippen LogP contribution in [0, 0.1) is 6.92 Å². The Morgan fingerprint density at radius 1 is 0.744 bits per heavy atom. The maximum Gasteiger partial charge on any atom is 0.282 e. The molecule has 0 spiro atoms. The van der Waals surface area contributed by atoms with Gasteiger partial charge in [0.2, 0.25) is 10.0 Å². The molecule has 0 aromatic heterocycles. The maximum absolute atomic E-state index is 13.7. The summed E-state index contributed by atoms with van der Waals surface area (Å²) in [6, 6.07) is 17.0. The Kier molecular flexibility index (Phi) is 10.3. The number of hydrogen-bond donors (Lipinski definition) is 0. The Hall–Kier alpha value is -2.12. The zero-order valence-corrected chi connectivity index (χ0v) is 24.4. The highest BCUT2D eigenvalue weighted by Crippen LogP contribution is 2.21. The number of benzene rings is 2. The molecule has 2 saturated heterocycles. The van der Waals surface area contributed by atoms with Gasteiger partial charge in [-0.1, -0.05) is 54.6 Å². The first-order valence-electron chi connectivity index (χ1n) is 13.5. The summed E-state index contributed by atoms with van der Waals surface area (Å²) in [6.07, 6.45) is 1.32. The van der Waals surface area contributed by atoms with E-state index in [-0.39, 0.29) is 18.0 Å². The van der Waals surface area contributed by atoms with E-state index >= 15 is 0 Å². The summed E-state index contributed by atoms with van der Waals surface area (Å²) >= 11 is 0. The molecule has 11 heteroatoms. The zero-order valence-electron chi connectivity index (χ0n) is 22.7. The molecule has 0 atom stereocenters. The van der Waals surface area contributed by atoms with Gasteiger partial charge in [0.05, 0.1) is 18.1 Å². The third kappa shape index (κ3) is 7.97. The average Bonchev–Trinajstić information content (AvgIpc) is 2.92. The molecule has 2 heterocycles. The van der Waals surface area contributed by atoms with Gasteiger partial charge in [-0.05, 0) is 56.1 Å². The predicted molar refractivity (Wildman–Crippen MR) is 153 cm³/mol. The van der Waals surface area contributed by atoms with E-state index < -0.39 is 20.2 Å². The molecule has 2 aliphatic rings. The molecule has 2 fully saturated rings. The second kappa shape index (κ2) is 13.5. The van der Waals surface area contributed by atoms with E-state index in [1.807, 2.05) is 25.1 Å². The van der Waals surface area contributed by atoms with Crippen molar-refractivity contribution in [1.82, 2.24) is 17.8 Å². The average molecular weight is 577 g/mol. The molecule has 4 rings (SSSR count). The summed E-state index contributed by atoms with van der Waals surface area (Å²) in [4.78, 5) is 2.51. The number of ether oxygens (including phenoxy) is 1. The lowest BCUT2D eigenvalue weighted by Gasteiger charge is -2.34. The van der Waals surface area contributed by atoms with Gasteiger partial charge in [-0.2, -0.15) is 21.3 Å². The Bertz CT molecular complexity index is 1300. The summed E-state index contributed by atoms with van der Waals surface area (Å²) in [5, 5.41) is 0. The van der Waals surface area contributed by atoms with Crippen LogP contribution in [0.1, 0.15) is 24.0 Å². The van der Waals surface area contributed by atoms with Crippen LogP contribution in [-0.4, -0.2) is 100 Å². The third-order valence-electron chi connectivity index (χ3n) is 7.09. The van der Waals surface area contributed by atoms with Gasteiger partial charge in [0.1, 0.15) is 0 Å². The first-order valence-corrected chi connectivity index (χ1v) is 16.3. The van der Waals surface area contributed by atoms with Gasteiger partial charge in [-0.3, -0.25) is 4.90 Å². The van der Waals surface area contributed by atoms with Crippen LogP contribution in [0.5, 0.6) is 0 Å². The summed E-state index contributed by atoms with van der Waals surface area (Å²) in [6.45, 7) is 10.3.